The fraction of sp³-hybridized carbons (Fsp3) is 0.909. The third-order valence-corrected chi connectivity index (χ3v) is 2.82. The molecule has 3 atom stereocenters. The number of fused-ring (bicyclic) bond motifs is 2. The van der Waals surface area contributed by atoms with E-state index in [4.69, 9.17) is 9.47 Å². The van der Waals surface area contributed by atoms with Crippen molar-refractivity contribution in [1.82, 2.24) is 0 Å². The van der Waals surface area contributed by atoms with Gasteiger partial charge < -0.3 is 9.47 Å². The highest BCUT2D eigenvalue weighted by Gasteiger charge is 2.45. The lowest BCUT2D eigenvalue weighted by Crippen LogP contribution is -2.33. The van der Waals surface area contributed by atoms with Crippen molar-refractivity contribution in [3.63, 3.8) is 0 Å². The SMILES string of the molecule is CC(C)(C)OC(=O)C1CC2CCC1O2. The van der Waals surface area contributed by atoms with Gasteiger partial charge in [0.25, 0.3) is 0 Å². The number of rotatable bonds is 1. The Kier molecular flexibility index (Phi) is 2.30. The standard InChI is InChI=1S/C11H18O3/c1-11(2,3)14-10(12)8-6-7-4-5-9(8)13-7/h7-9H,4-6H2,1-3H3. The van der Waals surface area contributed by atoms with Crippen LogP contribution in [0, 0.1) is 5.92 Å². The summed E-state index contributed by atoms with van der Waals surface area (Å²) in [6.07, 6.45) is 3.45. The largest absolute Gasteiger partial charge is 0.460 e. The predicted octanol–water partition coefficient (Wildman–Crippen LogP) is 1.90. The minimum Gasteiger partial charge on any atom is -0.460 e. The molecular weight excluding hydrogens is 180 g/mol. The molecule has 0 aromatic heterocycles. The van der Waals surface area contributed by atoms with Crippen LogP contribution in [0.5, 0.6) is 0 Å². The van der Waals surface area contributed by atoms with E-state index < -0.39 is 0 Å². The summed E-state index contributed by atoms with van der Waals surface area (Å²) in [7, 11) is 0. The molecule has 3 unspecified atom stereocenters. The van der Waals surface area contributed by atoms with Crippen molar-refractivity contribution >= 4 is 5.97 Å². The molecule has 0 aromatic carbocycles. The Bertz CT molecular complexity index is 241. The van der Waals surface area contributed by atoms with E-state index in [0.29, 0.717) is 6.10 Å². The van der Waals surface area contributed by atoms with Gasteiger partial charge >= 0.3 is 5.97 Å². The van der Waals surface area contributed by atoms with Crippen molar-refractivity contribution in [1.29, 1.82) is 0 Å². The number of hydrogen-bond acceptors (Lipinski definition) is 3. The molecule has 2 aliphatic rings. The molecule has 3 nitrogen and oxygen atoms in total. The highest BCUT2D eigenvalue weighted by molar-refractivity contribution is 5.74. The number of carbonyl (C=O) groups excluding carboxylic acids is 1. The Hall–Kier alpha value is -0.570. The third-order valence-electron chi connectivity index (χ3n) is 2.82. The van der Waals surface area contributed by atoms with Crippen molar-refractivity contribution in [3.05, 3.63) is 0 Å². The maximum atomic E-state index is 11.7. The molecule has 2 aliphatic heterocycles. The van der Waals surface area contributed by atoms with Gasteiger partial charge in [0.05, 0.1) is 18.1 Å². The Balaban J connectivity index is 1.93. The molecule has 3 heteroatoms. The second-order valence-electron chi connectivity index (χ2n) is 5.25. The molecule has 0 radical (unpaired) electrons. The smallest absolute Gasteiger partial charge is 0.312 e. The topological polar surface area (TPSA) is 35.5 Å². The van der Waals surface area contributed by atoms with Crippen LogP contribution in [0.4, 0.5) is 0 Å². The van der Waals surface area contributed by atoms with Crippen molar-refractivity contribution in [2.75, 3.05) is 0 Å². The summed E-state index contributed by atoms with van der Waals surface area (Å²) < 4.78 is 11.0. The molecule has 2 rings (SSSR count). The molecular formula is C11H18O3. The molecule has 0 N–H and O–H groups in total. The molecule has 14 heavy (non-hydrogen) atoms. The summed E-state index contributed by atoms with van der Waals surface area (Å²) in [6, 6.07) is 0. The molecule has 0 saturated carbocycles. The normalized spacial score (nSPS) is 36.1. The van der Waals surface area contributed by atoms with Crippen LogP contribution in [0.3, 0.4) is 0 Å². The average Bonchev–Trinajstić information content (AvgIpc) is 2.59. The van der Waals surface area contributed by atoms with Crippen LogP contribution >= 0.6 is 0 Å². The van der Waals surface area contributed by atoms with Gasteiger partial charge in [-0.25, -0.2) is 0 Å². The molecule has 2 saturated heterocycles. The van der Waals surface area contributed by atoms with E-state index in [-0.39, 0.29) is 23.6 Å². The van der Waals surface area contributed by atoms with Gasteiger partial charge in [0.2, 0.25) is 0 Å². The first-order valence-corrected chi connectivity index (χ1v) is 5.34. The number of ether oxygens (including phenoxy) is 2. The highest BCUT2D eigenvalue weighted by Crippen LogP contribution is 2.39. The number of carbonyl (C=O) groups is 1. The Morgan fingerprint density at radius 2 is 2.07 bits per heavy atom. The quantitative estimate of drug-likeness (QED) is 0.604. The van der Waals surface area contributed by atoms with Crippen LogP contribution in [-0.2, 0) is 14.3 Å². The lowest BCUT2D eigenvalue weighted by atomic mass is 9.89. The van der Waals surface area contributed by atoms with E-state index in [2.05, 4.69) is 0 Å². The van der Waals surface area contributed by atoms with Gasteiger partial charge in [-0.3, -0.25) is 4.79 Å². The fourth-order valence-corrected chi connectivity index (χ4v) is 2.26. The molecule has 0 spiro atoms. The maximum Gasteiger partial charge on any atom is 0.312 e. The number of esters is 1. The van der Waals surface area contributed by atoms with E-state index in [1.54, 1.807) is 0 Å². The first-order valence-electron chi connectivity index (χ1n) is 5.34. The first kappa shape index (κ1) is 9.97. The Morgan fingerprint density at radius 1 is 1.36 bits per heavy atom. The summed E-state index contributed by atoms with van der Waals surface area (Å²) in [5.41, 5.74) is -0.376. The summed E-state index contributed by atoms with van der Waals surface area (Å²) >= 11 is 0. The monoisotopic (exact) mass is 198 g/mol. The number of hydrogen-bond donors (Lipinski definition) is 0. The van der Waals surface area contributed by atoms with Gasteiger partial charge in [-0.1, -0.05) is 0 Å². The van der Waals surface area contributed by atoms with E-state index in [1.165, 1.54) is 0 Å². The molecule has 0 aromatic rings. The second kappa shape index (κ2) is 3.23. The van der Waals surface area contributed by atoms with Crippen LogP contribution in [0.25, 0.3) is 0 Å². The minimum absolute atomic E-state index is 0.00650. The van der Waals surface area contributed by atoms with Crippen LogP contribution in [0.15, 0.2) is 0 Å². The Morgan fingerprint density at radius 3 is 2.50 bits per heavy atom. The van der Waals surface area contributed by atoms with E-state index in [1.807, 2.05) is 20.8 Å². The first-order chi connectivity index (χ1) is 6.46. The minimum atomic E-state index is -0.376. The van der Waals surface area contributed by atoms with Crippen LogP contribution < -0.4 is 0 Å². The predicted molar refractivity (Wildman–Crippen MR) is 51.8 cm³/mol. The molecule has 80 valence electrons. The third kappa shape index (κ3) is 1.92. The second-order valence-corrected chi connectivity index (χ2v) is 5.25. The molecule has 2 bridgehead atoms. The lowest BCUT2D eigenvalue weighted by molar-refractivity contribution is -0.161. The summed E-state index contributed by atoms with van der Waals surface area (Å²) in [5.74, 6) is -0.0855. The molecule has 2 heterocycles. The van der Waals surface area contributed by atoms with Crippen LogP contribution in [0.1, 0.15) is 40.0 Å². The van der Waals surface area contributed by atoms with Gasteiger partial charge in [0, 0.05) is 0 Å². The zero-order valence-corrected chi connectivity index (χ0v) is 9.08. The van der Waals surface area contributed by atoms with Gasteiger partial charge in [-0.2, -0.15) is 0 Å². The lowest BCUT2D eigenvalue weighted by Gasteiger charge is -2.24. The zero-order valence-electron chi connectivity index (χ0n) is 9.08. The molecule has 0 amide bonds. The summed E-state index contributed by atoms with van der Waals surface area (Å²) in [4.78, 5) is 11.7. The van der Waals surface area contributed by atoms with Gasteiger partial charge in [0.15, 0.2) is 0 Å². The average molecular weight is 198 g/mol. The fourth-order valence-electron chi connectivity index (χ4n) is 2.26. The van der Waals surface area contributed by atoms with Crippen molar-refractivity contribution in [3.8, 4) is 0 Å². The zero-order chi connectivity index (χ0) is 10.3. The Labute approximate surface area is 84.8 Å². The highest BCUT2D eigenvalue weighted by atomic mass is 16.6. The van der Waals surface area contributed by atoms with Crippen LogP contribution in [-0.4, -0.2) is 23.8 Å². The van der Waals surface area contributed by atoms with E-state index in [9.17, 15) is 4.79 Å². The summed E-state index contributed by atoms with van der Waals surface area (Å²) in [6.45, 7) is 5.71. The van der Waals surface area contributed by atoms with E-state index in [0.717, 1.165) is 19.3 Å². The van der Waals surface area contributed by atoms with Crippen LogP contribution in [0.2, 0.25) is 0 Å². The van der Waals surface area contributed by atoms with Gasteiger partial charge in [-0.05, 0) is 40.0 Å². The molecule has 2 fully saturated rings. The van der Waals surface area contributed by atoms with Gasteiger partial charge in [-0.15, -0.1) is 0 Å². The summed E-state index contributed by atoms with van der Waals surface area (Å²) in [5, 5.41) is 0. The van der Waals surface area contributed by atoms with Crippen molar-refractivity contribution in [2.24, 2.45) is 5.92 Å². The molecule has 0 aliphatic carbocycles. The van der Waals surface area contributed by atoms with Crippen molar-refractivity contribution in [2.45, 2.75) is 57.8 Å². The maximum absolute atomic E-state index is 11.7. The van der Waals surface area contributed by atoms with E-state index >= 15 is 0 Å². The van der Waals surface area contributed by atoms with Crippen molar-refractivity contribution < 1.29 is 14.3 Å². The van der Waals surface area contributed by atoms with Gasteiger partial charge in [0.1, 0.15) is 5.60 Å².